The van der Waals surface area contributed by atoms with Crippen LogP contribution in [-0.4, -0.2) is 44.7 Å². The molecule has 0 aliphatic heterocycles. The zero-order chi connectivity index (χ0) is 10.6. The third-order valence-corrected chi connectivity index (χ3v) is 2.24. The van der Waals surface area contributed by atoms with Crippen LogP contribution < -0.4 is 5.32 Å². The predicted molar refractivity (Wildman–Crippen MR) is 50.1 cm³/mol. The number of aliphatic hydroxyl groups excluding tert-OH is 2. The monoisotopic (exact) mass is 217 g/mol. The number of rotatable bonds is 4. The Morgan fingerprint density at radius 1 is 1.71 bits per heavy atom. The molecule has 1 amide bonds. The van der Waals surface area contributed by atoms with Gasteiger partial charge in [0.05, 0.1) is 12.7 Å². The highest BCUT2D eigenvalue weighted by Gasteiger charge is 2.11. The maximum Gasteiger partial charge on any atom is 0.281 e. The maximum atomic E-state index is 11.3. The molecule has 1 atom stereocenters. The maximum absolute atomic E-state index is 11.3. The third kappa shape index (κ3) is 3.02. The van der Waals surface area contributed by atoms with Crippen molar-refractivity contribution >= 4 is 17.4 Å². The summed E-state index contributed by atoms with van der Waals surface area (Å²) in [5, 5.41) is 20.1. The van der Waals surface area contributed by atoms with E-state index in [9.17, 15) is 4.79 Å². The number of hydrogen-bond donors (Lipinski definition) is 3. The fourth-order valence-corrected chi connectivity index (χ4v) is 1.33. The molecular formula is C7H11N3O3S. The smallest absolute Gasteiger partial charge is 0.281 e. The lowest BCUT2D eigenvalue weighted by atomic mass is 10.4. The van der Waals surface area contributed by atoms with Gasteiger partial charge in [-0.2, -0.15) is 4.37 Å². The molecule has 0 bridgehead atoms. The Morgan fingerprint density at radius 2 is 2.43 bits per heavy atom. The molecule has 3 N–H and O–H groups in total. The lowest BCUT2D eigenvalue weighted by molar-refractivity contribution is 0.0801. The molecule has 1 aromatic rings. The first-order valence-corrected chi connectivity index (χ1v) is 4.78. The van der Waals surface area contributed by atoms with Gasteiger partial charge >= 0.3 is 0 Å². The molecule has 0 spiro atoms. The molecule has 7 heteroatoms. The lowest BCUT2D eigenvalue weighted by Gasteiger charge is -2.06. The predicted octanol–water partition coefficient (Wildman–Crippen LogP) is -1.07. The van der Waals surface area contributed by atoms with Gasteiger partial charge in [-0.1, -0.05) is 0 Å². The van der Waals surface area contributed by atoms with Crippen LogP contribution in [0.15, 0.2) is 0 Å². The summed E-state index contributed by atoms with van der Waals surface area (Å²) in [7, 11) is 0. The molecule has 0 aromatic carbocycles. The number of nitrogens with zero attached hydrogens (tertiary/aromatic N) is 2. The van der Waals surface area contributed by atoms with Crippen LogP contribution in [0.2, 0.25) is 0 Å². The van der Waals surface area contributed by atoms with E-state index in [0.717, 1.165) is 11.5 Å². The van der Waals surface area contributed by atoms with E-state index in [1.165, 1.54) is 0 Å². The zero-order valence-electron chi connectivity index (χ0n) is 7.60. The number of aryl methyl sites for hydroxylation is 1. The number of nitrogens with one attached hydrogen (secondary N) is 1. The third-order valence-electron chi connectivity index (χ3n) is 1.43. The molecule has 0 fully saturated rings. The van der Waals surface area contributed by atoms with Gasteiger partial charge in [0.1, 0.15) is 5.82 Å². The van der Waals surface area contributed by atoms with Crippen LogP contribution in [0, 0.1) is 6.92 Å². The highest BCUT2D eigenvalue weighted by molar-refractivity contribution is 7.07. The molecule has 14 heavy (non-hydrogen) atoms. The summed E-state index contributed by atoms with van der Waals surface area (Å²) in [5.41, 5.74) is 0. The Kier molecular flexibility index (Phi) is 3.93. The van der Waals surface area contributed by atoms with Gasteiger partial charge in [0.2, 0.25) is 5.01 Å². The number of aromatic nitrogens is 2. The van der Waals surface area contributed by atoms with Crippen molar-refractivity contribution < 1.29 is 15.0 Å². The van der Waals surface area contributed by atoms with Crippen LogP contribution in [0.1, 0.15) is 15.6 Å². The summed E-state index contributed by atoms with van der Waals surface area (Å²) in [5.74, 6) is 0.158. The number of hydrogen-bond acceptors (Lipinski definition) is 6. The van der Waals surface area contributed by atoms with Crippen LogP contribution in [0.5, 0.6) is 0 Å². The molecule has 1 rings (SSSR count). The molecule has 0 saturated carbocycles. The van der Waals surface area contributed by atoms with E-state index in [0.29, 0.717) is 5.82 Å². The van der Waals surface area contributed by atoms with E-state index in [-0.39, 0.29) is 24.1 Å². The van der Waals surface area contributed by atoms with E-state index < -0.39 is 6.10 Å². The average Bonchev–Trinajstić information content (AvgIpc) is 2.60. The second-order valence-electron chi connectivity index (χ2n) is 2.69. The Labute approximate surface area is 84.8 Å². The largest absolute Gasteiger partial charge is 0.394 e. The Morgan fingerprint density at radius 3 is 2.93 bits per heavy atom. The van der Waals surface area contributed by atoms with Crippen molar-refractivity contribution in [3.8, 4) is 0 Å². The van der Waals surface area contributed by atoms with Gasteiger partial charge in [0, 0.05) is 6.54 Å². The average molecular weight is 217 g/mol. The van der Waals surface area contributed by atoms with Crippen molar-refractivity contribution in [2.75, 3.05) is 13.2 Å². The van der Waals surface area contributed by atoms with Gasteiger partial charge in [-0.3, -0.25) is 4.79 Å². The Balaban J connectivity index is 2.43. The van der Waals surface area contributed by atoms with Crippen molar-refractivity contribution in [2.45, 2.75) is 13.0 Å². The van der Waals surface area contributed by atoms with Crippen molar-refractivity contribution in [3.05, 3.63) is 10.8 Å². The summed E-state index contributed by atoms with van der Waals surface area (Å²) in [6.07, 6.45) is -0.937. The second kappa shape index (κ2) is 4.99. The summed E-state index contributed by atoms with van der Waals surface area (Å²) < 4.78 is 3.84. The molecular weight excluding hydrogens is 206 g/mol. The Hall–Kier alpha value is -1.05. The fourth-order valence-electron chi connectivity index (χ4n) is 0.740. The van der Waals surface area contributed by atoms with Crippen LogP contribution in [0.25, 0.3) is 0 Å². The molecule has 0 radical (unpaired) electrons. The SMILES string of the molecule is Cc1nsc(C(=O)NC[C@@H](O)CO)n1. The molecule has 1 heterocycles. The first kappa shape index (κ1) is 11.0. The molecule has 6 nitrogen and oxygen atoms in total. The normalized spacial score (nSPS) is 12.5. The lowest BCUT2D eigenvalue weighted by Crippen LogP contribution is -2.33. The zero-order valence-corrected chi connectivity index (χ0v) is 8.41. The van der Waals surface area contributed by atoms with E-state index in [1.54, 1.807) is 6.92 Å². The molecule has 0 aliphatic rings. The van der Waals surface area contributed by atoms with Gasteiger partial charge in [0.25, 0.3) is 5.91 Å². The van der Waals surface area contributed by atoms with E-state index in [2.05, 4.69) is 14.7 Å². The summed E-state index contributed by atoms with van der Waals surface area (Å²) in [6.45, 7) is 1.32. The molecule has 78 valence electrons. The quantitative estimate of drug-likeness (QED) is 0.597. The van der Waals surface area contributed by atoms with Gasteiger partial charge in [-0.25, -0.2) is 4.98 Å². The van der Waals surface area contributed by atoms with Gasteiger partial charge < -0.3 is 15.5 Å². The van der Waals surface area contributed by atoms with Crippen LogP contribution in [0.3, 0.4) is 0 Å². The minimum Gasteiger partial charge on any atom is -0.394 e. The van der Waals surface area contributed by atoms with Gasteiger partial charge in [-0.15, -0.1) is 0 Å². The topological polar surface area (TPSA) is 95.3 Å². The van der Waals surface area contributed by atoms with E-state index >= 15 is 0 Å². The fraction of sp³-hybridized carbons (Fsp3) is 0.571. The summed E-state index contributed by atoms with van der Waals surface area (Å²) in [6, 6.07) is 0. The van der Waals surface area contributed by atoms with Crippen molar-refractivity contribution in [1.82, 2.24) is 14.7 Å². The number of amides is 1. The van der Waals surface area contributed by atoms with Gasteiger partial charge in [-0.05, 0) is 18.5 Å². The number of carbonyl (C=O) groups excluding carboxylic acids is 1. The summed E-state index contributed by atoms with van der Waals surface area (Å²) >= 11 is 1.000. The van der Waals surface area contributed by atoms with Crippen LogP contribution >= 0.6 is 11.5 Å². The molecule has 1 aromatic heterocycles. The van der Waals surface area contributed by atoms with Crippen LogP contribution in [0.4, 0.5) is 0 Å². The number of carbonyl (C=O) groups is 1. The molecule has 0 unspecified atom stereocenters. The van der Waals surface area contributed by atoms with Gasteiger partial charge in [0.15, 0.2) is 0 Å². The first-order valence-electron chi connectivity index (χ1n) is 4.01. The standard InChI is InChI=1S/C7H11N3O3S/c1-4-9-7(14-10-4)6(13)8-2-5(12)3-11/h5,11-12H,2-3H2,1H3,(H,8,13)/t5-/m1/s1. The van der Waals surface area contributed by atoms with Crippen LogP contribution in [-0.2, 0) is 0 Å². The number of aliphatic hydroxyl groups is 2. The van der Waals surface area contributed by atoms with Crippen molar-refractivity contribution in [3.63, 3.8) is 0 Å². The van der Waals surface area contributed by atoms with Crippen molar-refractivity contribution in [1.29, 1.82) is 0 Å². The van der Waals surface area contributed by atoms with E-state index in [4.69, 9.17) is 10.2 Å². The highest BCUT2D eigenvalue weighted by atomic mass is 32.1. The first-order chi connectivity index (χ1) is 6.63. The second-order valence-corrected chi connectivity index (χ2v) is 3.45. The Bertz CT molecular complexity index is 315. The minimum atomic E-state index is -0.937. The minimum absolute atomic E-state index is 0.00790. The van der Waals surface area contributed by atoms with Crippen molar-refractivity contribution in [2.24, 2.45) is 0 Å². The van der Waals surface area contributed by atoms with E-state index in [1.807, 2.05) is 0 Å². The summed E-state index contributed by atoms with van der Waals surface area (Å²) in [4.78, 5) is 15.1. The molecule has 0 saturated heterocycles. The molecule has 0 aliphatic carbocycles. The highest BCUT2D eigenvalue weighted by Crippen LogP contribution is 2.02.